The van der Waals surface area contributed by atoms with Crippen molar-refractivity contribution in [3.8, 4) is 5.88 Å². The second-order valence-corrected chi connectivity index (χ2v) is 7.44. The fourth-order valence-electron chi connectivity index (χ4n) is 3.48. The number of carbonyl (C=O) groups is 2. The van der Waals surface area contributed by atoms with E-state index in [0.29, 0.717) is 5.56 Å². The van der Waals surface area contributed by atoms with Crippen LogP contribution in [0.25, 0.3) is 0 Å². The Balaban J connectivity index is 2.29. The van der Waals surface area contributed by atoms with Crippen molar-refractivity contribution in [1.29, 1.82) is 0 Å². The van der Waals surface area contributed by atoms with Crippen LogP contribution in [0.5, 0.6) is 5.88 Å². The fraction of sp³-hybridized carbons (Fsp3) is 0.200. The molecule has 3 N–H and O–H groups in total. The molecular weight excluding hydrogens is 438 g/mol. The van der Waals surface area contributed by atoms with E-state index >= 15 is 0 Å². The predicted octanol–water partition coefficient (Wildman–Crippen LogP) is 1.37. The van der Waals surface area contributed by atoms with Crippen molar-refractivity contribution in [2.45, 2.75) is 12.5 Å². The number of hydrogen-bond acceptors (Lipinski definition) is 7. The summed E-state index contributed by atoms with van der Waals surface area (Å²) in [5, 5.41) is 13.4. The molecule has 160 valence electrons. The zero-order valence-corrected chi connectivity index (χ0v) is 17.9. The Bertz CT molecular complexity index is 1190. The number of H-pyrrole nitrogens is 1. The summed E-state index contributed by atoms with van der Waals surface area (Å²) in [7, 11) is 0. The molecular formula is C20H19N5O4S2. The average Bonchev–Trinajstić information content (AvgIpc) is 2.73. The zero-order chi connectivity index (χ0) is 22.7. The minimum atomic E-state index is -1.38. The largest absolute Gasteiger partial charge is 0.494 e. The number of carbonyl (C=O) groups excluding carboxylic acids is 2. The Hall–Kier alpha value is -3.44. The van der Waals surface area contributed by atoms with Gasteiger partial charge in [-0.25, -0.2) is 0 Å². The van der Waals surface area contributed by atoms with Crippen LogP contribution in [0.15, 0.2) is 54.6 Å². The maximum Gasteiger partial charge on any atom is 0.259 e. The van der Waals surface area contributed by atoms with Gasteiger partial charge in [-0.3, -0.25) is 33.8 Å². The zero-order valence-electron chi connectivity index (χ0n) is 16.3. The van der Waals surface area contributed by atoms with Crippen molar-refractivity contribution in [3.63, 3.8) is 0 Å². The number of rotatable bonds is 7. The van der Waals surface area contributed by atoms with E-state index in [1.807, 2.05) is 0 Å². The number of amides is 2. The first-order chi connectivity index (χ1) is 14.8. The molecule has 1 saturated heterocycles. The van der Waals surface area contributed by atoms with E-state index in [9.17, 15) is 19.5 Å². The molecule has 2 amide bonds. The van der Waals surface area contributed by atoms with Gasteiger partial charge < -0.3 is 10.4 Å². The molecule has 31 heavy (non-hydrogen) atoms. The lowest BCUT2D eigenvalue weighted by Crippen LogP contribution is -2.59. The van der Waals surface area contributed by atoms with Crippen molar-refractivity contribution in [3.05, 3.63) is 76.1 Å². The van der Waals surface area contributed by atoms with Gasteiger partial charge in [0, 0.05) is 31.4 Å². The lowest BCUT2D eigenvalue weighted by Gasteiger charge is -2.35. The van der Waals surface area contributed by atoms with Crippen molar-refractivity contribution >= 4 is 41.4 Å². The van der Waals surface area contributed by atoms with Crippen molar-refractivity contribution in [2.24, 2.45) is 5.92 Å². The molecule has 0 spiro atoms. The van der Waals surface area contributed by atoms with Crippen LogP contribution in [0, 0.1) is 10.7 Å². The number of hydrogen-bond donors (Lipinski definition) is 3. The van der Waals surface area contributed by atoms with Gasteiger partial charge in [-0.2, -0.15) is 0 Å². The van der Waals surface area contributed by atoms with Gasteiger partial charge in [0.1, 0.15) is 5.92 Å². The summed E-state index contributed by atoms with van der Waals surface area (Å²) in [5.74, 6) is -4.28. The second-order valence-electron chi connectivity index (χ2n) is 6.66. The van der Waals surface area contributed by atoms with Crippen LogP contribution in [-0.2, 0) is 16.1 Å². The lowest BCUT2D eigenvalue weighted by atomic mass is 9.79. The van der Waals surface area contributed by atoms with Crippen LogP contribution < -0.4 is 10.9 Å². The number of nitrogens with one attached hydrogen (secondary N) is 2. The van der Waals surface area contributed by atoms with Crippen LogP contribution in [0.4, 0.5) is 0 Å². The highest BCUT2D eigenvalue weighted by atomic mass is 32.1. The highest BCUT2D eigenvalue weighted by Crippen LogP contribution is 2.37. The molecule has 0 radical (unpaired) electrons. The molecule has 3 rings (SSSR count). The van der Waals surface area contributed by atoms with Gasteiger partial charge in [-0.1, -0.05) is 12.2 Å². The van der Waals surface area contributed by atoms with E-state index < -0.39 is 35.1 Å². The minimum Gasteiger partial charge on any atom is -0.494 e. The molecule has 1 fully saturated rings. The quantitative estimate of drug-likeness (QED) is 0.326. The summed E-state index contributed by atoms with van der Waals surface area (Å²) in [6.45, 7) is 7.40. The number of thiocarbonyl (C=S) groups is 1. The molecule has 0 aromatic carbocycles. The summed E-state index contributed by atoms with van der Waals surface area (Å²) >= 11 is 10.2. The van der Waals surface area contributed by atoms with Gasteiger partial charge in [0.25, 0.3) is 5.56 Å². The van der Waals surface area contributed by atoms with Crippen LogP contribution in [0.1, 0.15) is 17.0 Å². The lowest BCUT2D eigenvalue weighted by molar-refractivity contribution is -0.141. The average molecular weight is 458 g/mol. The van der Waals surface area contributed by atoms with E-state index in [1.165, 1.54) is 34.0 Å². The molecule has 0 saturated carbocycles. The van der Waals surface area contributed by atoms with E-state index in [2.05, 4.69) is 28.4 Å². The molecule has 2 aromatic heterocycles. The first-order valence-corrected chi connectivity index (χ1v) is 9.97. The molecule has 9 nitrogen and oxygen atoms in total. The molecule has 1 aliphatic heterocycles. The standard InChI is InChI=1S/C20H19N5O4S2/c1-3-9-24-17(28)13(15(26)22-19(24)30)12(11-5-7-21-8-6-11)14-16(27)23-20(31)25(10-4-2)18(14)29/h3-8,12-13,29H,1-2,9-10H2,(H,22,26,30)(H,23,27,31)/t12-,13-/m1/s1. The Kier molecular flexibility index (Phi) is 6.56. The smallest absolute Gasteiger partial charge is 0.259 e. The summed E-state index contributed by atoms with van der Waals surface area (Å²) in [6.07, 6.45) is 5.88. The number of aromatic amines is 1. The fourth-order valence-corrected chi connectivity index (χ4v) is 4.00. The van der Waals surface area contributed by atoms with Gasteiger partial charge in [0.2, 0.25) is 17.7 Å². The first-order valence-electron chi connectivity index (χ1n) is 9.15. The minimum absolute atomic E-state index is 0.0199. The number of aromatic hydroxyl groups is 1. The number of nitrogens with zero attached hydrogens (tertiary/aromatic N) is 3. The Morgan fingerprint density at radius 3 is 2.42 bits per heavy atom. The third-order valence-electron chi connectivity index (χ3n) is 4.83. The SMILES string of the molecule is C=CCN1C(=O)[C@H]([C@@H](c2ccncc2)c2c(O)n(CC=C)c(=S)[nH]c2=O)C(=O)NC1=S. The molecule has 1 aliphatic rings. The van der Waals surface area contributed by atoms with Crippen LogP contribution in [0.3, 0.4) is 0 Å². The normalized spacial score (nSPS) is 17.2. The Morgan fingerprint density at radius 1 is 1.16 bits per heavy atom. The maximum absolute atomic E-state index is 13.3. The van der Waals surface area contributed by atoms with Gasteiger partial charge in [-0.15, -0.1) is 13.2 Å². The summed E-state index contributed by atoms with van der Waals surface area (Å²) in [4.78, 5) is 46.8. The molecule has 0 unspecified atom stereocenters. The topological polar surface area (TPSA) is 120 Å². The van der Waals surface area contributed by atoms with Crippen molar-refractivity contribution < 1.29 is 14.7 Å². The molecule has 3 heterocycles. The Labute approximate surface area is 187 Å². The van der Waals surface area contributed by atoms with Crippen molar-refractivity contribution in [2.75, 3.05) is 6.54 Å². The van der Waals surface area contributed by atoms with E-state index in [0.717, 1.165) is 0 Å². The molecule has 0 bridgehead atoms. The predicted molar refractivity (Wildman–Crippen MR) is 120 cm³/mol. The van der Waals surface area contributed by atoms with Crippen LogP contribution >= 0.6 is 24.4 Å². The molecule has 0 aliphatic carbocycles. The molecule has 2 aromatic rings. The third kappa shape index (κ3) is 4.09. The second kappa shape index (κ2) is 9.14. The van der Waals surface area contributed by atoms with Gasteiger partial charge >= 0.3 is 0 Å². The van der Waals surface area contributed by atoms with Crippen molar-refractivity contribution in [1.82, 2.24) is 24.8 Å². The first kappa shape index (κ1) is 22.2. The van der Waals surface area contributed by atoms with Crippen LogP contribution in [0.2, 0.25) is 0 Å². The van der Waals surface area contributed by atoms with Gasteiger partial charge in [0.15, 0.2) is 9.88 Å². The summed E-state index contributed by atoms with van der Waals surface area (Å²) in [6, 6.07) is 3.13. The number of allylic oxidation sites excluding steroid dienone is 1. The monoisotopic (exact) mass is 457 g/mol. The van der Waals surface area contributed by atoms with E-state index in [4.69, 9.17) is 24.4 Å². The number of pyridine rings is 1. The number of aromatic nitrogens is 3. The van der Waals surface area contributed by atoms with Gasteiger partial charge in [-0.05, 0) is 42.1 Å². The summed E-state index contributed by atoms with van der Waals surface area (Å²) < 4.78 is 1.23. The molecule has 2 atom stereocenters. The molecule has 11 heteroatoms. The van der Waals surface area contributed by atoms with E-state index in [1.54, 1.807) is 12.1 Å². The van der Waals surface area contributed by atoms with E-state index in [-0.39, 0.29) is 28.5 Å². The maximum atomic E-state index is 13.3. The highest BCUT2D eigenvalue weighted by Gasteiger charge is 2.46. The van der Waals surface area contributed by atoms with Gasteiger partial charge in [0.05, 0.1) is 5.56 Å². The third-order valence-corrected chi connectivity index (χ3v) is 5.47. The van der Waals surface area contributed by atoms with Crippen LogP contribution in [-0.4, -0.2) is 48.0 Å². The Morgan fingerprint density at radius 2 is 1.81 bits per heavy atom. The summed E-state index contributed by atoms with van der Waals surface area (Å²) in [5.41, 5.74) is -0.465. The highest BCUT2D eigenvalue weighted by molar-refractivity contribution is 7.80.